The molecule has 2 aliphatic rings. The molecule has 0 bridgehead atoms. The van der Waals surface area contributed by atoms with Crippen LogP contribution in [0.4, 0.5) is 0 Å². The Labute approximate surface area is 181 Å². The van der Waals surface area contributed by atoms with Crippen molar-refractivity contribution in [1.29, 1.82) is 0 Å². The Hall–Kier alpha value is -1.85. The van der Waals surface area contributed by atoms with Crippen LogP contribution in [-0.4, -0.2) is 37.2 Å². The van der Waals surface area contributed by atoms with E-state index in [0.29, 0.717) is 18.3 Å². The first-order valence-electron chi connectivity index (χ1n) is 11.5. The molecular formula is C24H40O6. The molecule has 0 spiro atoms. The lowest BCUT2D eigenvalue weighted by molar-refractivity contribution is -0.151. The van der Waals surface area contributed by atoms with Gasteiger partial charge >= 0.3 is 17.9 Å². The predicted octanol–water partition coefficient (Wildman–Crippen LogP) is 5.30. The van der Waals surface area contributed by atoms with Crippen LogP contribution in [-0.2, 0) is 23.9 Å². The number of carboxylic acids is 1. The molecule has 2 rings (SSSR count). The standard InChI is InChI=1S/C12H20O4.C12H20O2/c1-16-12(15)10(8-11(13)14)7-9-5-3-2-4-6-9;1-3-11(12(13)14-2)9-10-7-5-4-6-8-10/h9-10H,2-8H2,1H3,(H,13,14);9-10H,3-8H2,1-2H3/b;11-9+. The average molecular weight is 425 g/mol. The number of hydrogen-bond acceptors (Lipinski definition) is 5. The topological polar surface area (TPSA) is 89.9 Å². The van der Waals surface area contributed by atoms with Gasteiger partial charge in [-0.25, -0.2) is 4.79 Å². The van der Waals surface area contributed by atoms with Gasteiger partial charge in [0.15, 0.2) is 0 Å². The summed E-state index contributed by atoms with van der Waals surface area (Å²) in [5.41, 5.74) is 0.847. The van der Waals surface area contributed by atoms with Crippen molar-refractivity contribution < 1.29 is 29.0 Å². The molecule has 0 aliphatic heterocycles. The largest absolute Gasteiger partial charge is 0.481 e. The van der Waals surface area contributed by atoms with Crippen LogP contribution >= 0.6 is 0 Å². The maximum Gasteiger partial charge on any atom is 0.333 e. The molecule has 1 unspecified atom stereocenters. The molecule has 0 aromatic heterocycles. The molecule has 0 aromatic rings. The van der Waals surface area contributed by atoms with Gasteiger partial charge in [0, 0.05) is 5.57 Å². The van der Waals surface area contributed by atoms with Gasteiger partial charge < -0.3 is 14.6 Å². The smallest absolute Gasteiger partial charge is 0.333 e. The highest BCUT2D eigenvalue weighted by molar-refractivity contribution is 5.88. The van der Waals surface area contributed by atoms with Crippen LogP contribution in [0.5, 0.6) is 0 Å². The molecule has 0 amide bonds. The van der Waals surface area contributed by atoms with Crippen molar-refractivity contribution in [2.75, 3.05) is 14.2 Å². The summed E-state index contributed by atoms with van der Waals surface area (Å²) in [5, 5.41) is 8.75. The fraction of sp³-hybridized carbons (Fsp3) is 0.792. The third kappa shape index (κ3) is 10.3. The van der Waals surface area contributed by atoms with E-state index in [-0.39, 0.29) is 18.4 Å². The monoisotopic (exact) mass is 424 g/mol. The van der Waals surface area contributed by atoms with Crippen molar-refractivity contribution in [2.45, 2.75) is 90.4 Å². The Morgan fingerprint density at radius 3 is 1.97 bits per heavy atom. The molecule has 2 aliphatic carbocycles. The number of methoxy groups -OCH3 is 2. The maximum atomic E-state index is 11.4. The molecule has 0 saturated heterocycles. The number of esters is 2. The number of allylic oxidation sites excluding steroid dienone is 1. The van der Waals surface area contributed by atoms with Crippen LogP contribution in [0.25, 0.3) is 0 Å². The van der Waals surface area contributed by atoms with Crippen LogP contribution in [0.1, 0.15) is 90.4 Å². The number of rotatable bonds is 8. The van der Waals surface area contributed by atoms with E-state index in [0.717, 1.165) is 24.8 Å². The molecule has 2 saturated carbocycles. The summed E-state index contributed by atoms with van der Waals surface area (Å²) in [6.07, 6.45) is 15.8. The van der Waals surface area contributed by atoms with Gasteiger partial charge in [0.05, 0.1) is 26.6 Å². The van der Waals surface area contributed by atoms with Gasteiger partial charge in [0.2, 0.25) is 0 Å². The van der Waals surface area contributed by atoms with E-state index < -0.39 is 11.9 Å². The minimum Gasteiger partial charge on any atom is -0.481 e. The second kappa shape index (κ2) is 15.0. The van der Waals surface area contributed by atoms with Crippen LogP contribution in [0.3, 0.4) is 0 Å². The maximum absolute atomic E-state index is 11.4. The molecule has 6 nitrogen and oxygen atoms in total. The van der Waals surface area contributed by atoms with E-state index in [9.17, 15) is 14.4 Å². The third-order valence-electron chi connectivity index (χ3n) is 6.21. The highest BCUT2D eigenvalue weighted by atomic mass is 16.5. The van der Waals surface area contributed by atoms with Crippen LogP contribution in [0.2, 0.25) is 0 Å². The molecule has 2 fully saturated rings. The van der Waals surface area contributed by atoms with E-state index in [1.165, 1.54) is 65.6 Å². The molecule has 0 radical (unpaired) electrons. The van der Waals surface area contributed by atoms with E-state index >= 15 is 0 Å². The second-order valence-electron chi connectivity index (χ2n) is 8.49. The van der Waals surface area contributed by atoms with Crippen molar-refractivity contribution in [3.63, 3.8) is 0 Å². The number of carbonyl (C=O) groups is 3. The summed E-state index contributed by atoms with van der Waals surface area (Å²) < 4.78 is 9.39. The van der Waals surface area contributed by atoms with Gasteiger partial charge in [-0.1, -0.05) is 64.4 Å². The van der Waals surface area contributed by atoms with Gasteiger partial charge in [-0.05, 0) is 37.5 Å². The number of aliphatic carboxylic acids is 1. The Balaban J connectivity index is 0.000000303. The summed E-state index contributed by atoms with van der Waals surface area (Å²) >= 11 is 0. The van der Waals surface area contributed by atoms with E-state index in [1.807, 2.05) is 6.92 Å². The normalized spacial score (nSPS) is 19.2. The highest BCUT2D eigenvalue weighted by Gasteiger charge is 2.27. The lowest BCUT2D eigenvalue weighted by Crippen LogP contribution is -2.23. The minimum absolute atomic E-state index is 0.108. The van der Waals surface area contributed by atoms with Crippen molar-refractivity contribution >= 4 is 17.9 Å². The molecule has 30 heavy (non-hydrogen) atoms. The first kappa shape index (κ1) is 26.2. The fourth-order valence-corrected chi connectivity index (χ4v) is 4.51. The first-order chi connectivity index (χ1) is 14.4. The molecule has 1 N–H and O–H groups in total. The zero-order valence-corrected chi connectivity index (χ0v) is 19.0. The van der Waals surface area contributed by atoms with Crippen molar-refractivity contribution in [1.82, 2.24) is 0 Å². The van der Waals surface area contributed by atoms with E-state index in [2.05, 4.69) is 10.8 Å². The van der Waals surface area contributed by atoms with Crippen molar-refractivity contribution in [3.8, 4) is 0 Å². The fourth-order valence-electron chi connectivity index (χ4n) is 4.51. The molecular weight excluding hydrogens is 384 g/mol. The van der Waals surface area contributed by atoms with E-state index in [4.69, 9.17) is 9.84 Å². The van der Waals surface area contributed by atoms with Crippen LogP contribution < -0.4 is 0 Å². The number of carboxylic acid groups (broad SMARTS) is 1. The lowest BCUT2D eigenvalue weighted by Gasteiger charge is -2.24. The van der Waals surface area contributed by atoms with E-state index in [1.54, 1.807) is 0 Å². The Bertz CT molecular complexity index is 556. The Kier molecular flexibility index (Phi) is 13.1. The van der Waals surface area contributed by atoms with Crippen LogP contribution in [0.15, 0.2) is 11.6 Å². The number of carbonyl (C=O) groups excluding carboxylic acids is 2. The van der Waals surface area contributed by atoms with Gasteiger partial charge in [0.25, 0.3) is 0 Å². The van der Waals surface area contributed by atoms with Gasteiger partial charge in [-0.3, -0.25) is 9.59 Å². The molecule has 1 atom stereocenters. The Morgan fingerprint density at radius 1 is 0.933 bits per heavy atom. The van der Waals surface area contributed by atoms with Crippen molar-refractivity contribution in [2.24, 2.45) is 17.8 Å². The molecule has 6 heteroatoms. The molecule has 0 aromatic carbocycles. The number of hydrogen-bond donors (Lipinski definition) is 1. The first-order valence-corrected chi connectivity index (χ1v) is 11.5. The summed E-state index contributed by atoms with van der Waals surface area (Å²) in [7, 11) is 2.77. The number of ether oxygens (including phenoxy) is 2. The second-order valence-corrected chi connectivity index (χ2v) is 8.49. The zero-order chi connectivity index (χ0) is 22.4. The molecule has 172 valence electrons. The van der Waals surface area contributed by atoms with Crippen molar-refractivity contribution in [3.05, 3.63) is 11.6 Å². The summed E-state index contributed by atoms with van der Waals surface area (Å²) in [6, 6.07) is 0. The van der Waals surface area contributed by atoms with Gasteiger partial charge in [-0.2, -0.15) is 0 Å². The predicted molar refractivity (Wildman–Crippen MR) is 116 cm³/mol. The lowest BCUT2D eigenvalue weighted by atomic mass is 9.82. The third-order valence-corrected chi connectivity index (χ3v) is 6.21. The SMILES string of the molecule is CC/C(=C\C1CCCCC1)C(=O)OC.COC(=O)C(CC(=O)O)CC1CCCCC1. The quantitative estimate of drug-likeness (QED) is 0.420. The van der Waals surface area contributed by atoms with Crippen LogP contribution in [0, 0.1) is 17.8 Å². The molecule has 0 heterocycles. The minimum atomic E-state index is -0.925. The summed E-state index contributed by atoms with van der Waals surface area (Å²) in [4.78, 5) is 33.4. The summed E-state index contributed by atoms with van der Waals surface area (Å²) in [5.74, 6) is -0.821. The Morgan fingerprint density at radius 2 is 1.50 bits per heavy atom. The van der Waals surface area contributed by atoms with Gasteiger partial charge in [0.1, 0.15) is 0 Å². The highest BCUT2D eigenvalue weighted by Crippen LogP contribution is 2.30. The average Bonchev–Trinajstić information content (AvgIpc) is 2.77. The zero-order valence-electron chi connectivity index (χ0n) is 19.0. The summed E-state index contributed by atoms with van der Waals surface area (Å²) in [6.45, 7) is 2.01. The van der Waals surface area contributed by atoms with Gasteiger partial charge in [-0.15, -0.1) is 0 Å².